The third kappa shape index (κ3) is 3.43. The van der Waals surface area contributed by atoms with E-state index < -0.39 is 5.54 Å². The normalized spacial score (nSPS) is 11.8. The predicted molar refractivity (Wildman–Crippen MR) is 66.9 cm³/mol. The molecular formula is C13H21NO3. The lowest BCUT2D eigenvalue weighted by Gasteiger charge is -2.30. The Morgan fingerprint density at radius 3 is 2.41 bits per heavy atom. The molecule has 96 valence electrons. The fourth-order valence-electron chi connectivity index (χ4n) is 1.65. The second kappa shape index (κ2) is 6.00. The number of aryl methyl sites for hydroxylation is 1. The molecule has 0 fully saturated rings. The summed E-state index contributed by atoms with van der Waals surface area (Å²) in [5, 5.41) is 31.4. The van der Waals surface area contributed by atoms with Gasteiger partial charge in [-0.2, -0.15) is 0 Å². The Morgan fingerprint density at radius 1 is 1.24 bits per heavy atom. The topological polar surface area (TPSA) is 72.7 Å². The molecule has 1 aromatic rings. The van der Waals surface area contributed by atoms with Crippen LogP contribution in [-0.2, 0) is 6.54 Å². The SMILES string of the molecule is CCC(CO)(CO)NCc1cc(C)ccc1O. The summed E-state index contributed by atoms with van der Waals surface area (Å²) in [6.45, 7) is 4.01. The standard InChI is InChI=1S/C13H21NO3/c1-3-13(8-15,9-16)14-7-11-6-10(2)4-5-12(11)17/h4-6,14-17H,3,7-9H2,1-2H3. The van der Waals surface area contributed by atoms with Crippen molar-refractivity contribution in [1.82, 2.24) is 5.32 Å². The highest BCUT2D eigenvalue weighted by atomic mass is 16.3. The van der Waals surface area contributed by atoms with Crippen LogP contribution in [-0.4, -0.2) is 34.1 Å². The van der Waals surface area contributed by atoms with Crippen molar-refractivity contribution in [2.24, 2.45) is 0 Å². The molecule has 0 atom stereocenters. The highest BCUT2D eigenvalue weighted by Gasteiger charge is 2.25. The molecule has 0 amide bonds. The Morgan fingerprint density at radius 2 is 1.88 bits per heavy atom. The molecule has 0 aliphatic heterocycles. The molecule has 0 aliphatic carbocycles. The first-order chi connectivity index (χ1) is 8.06. The van der Waals surface area contributed by atoms with Gasteiger partial charge in [0.15, 0.2) is 0 Å². The van der Waals surface area contributed by atoms with E-state index in [1.54, 1.807) is 6.07 Å². The van der Waals surface area contributed by atoms with Crippen LogP contribution < -0.4 is 5.32 Å². The monoisotopic (exact) mass is 239 g/mol. The first-order valence-corrected chi connectivity index (χ1v) is 5.82. The quantitative estimate of drug-likeness (QED) is 0.596. The van der Waals surface area contributed by atoms with Gasteiger partial charge in [-0.05, 0) is 19.4 Å². The van der Waals surface area contributed by atoms with E-state index in [1.807, 2.05) is 26.0 Å². The molecule has 1 rings (SSSR count). The largest absolute Gasteiger partial charge is 0.508 e. The van der Waals surface area contributed by atoms with Crippen molar-refractivity contribution in [2.45, 2.75) is 32.4 Å². The molecule has 0 heterocycles. The fraction of sp³-hybridized carbons (Fsp3) is 0.538. The van der Waals surface area contributed by atoms with Gasteiger partial charge in [0, 0.05) is 12.1 Å². The van der Waals surface area contributed by atoms with Crippen molar-refractivity contribution in [2.75, 3.05) is 13.2 Å². The van der Waals surface area contributed by atoms with E-state index in [9.17, 15) is 15.3 Å². The van der Waals surface area contributed by atoms with Crippen molar-refractivity contribution < 1.29 is 15.3 Å². The van der Waals surface area contributed by atoms with Crippen molar-refractivity contribution in [3.05, 3.63) is 29.3 Å². The van der Waals surface area contributed by atoms with Crippen molar-refractivity contribution >= 4 is 0 Å². The Labute approximate surface area is 102 Å². The molecule has 4 nitrogen and oxygen atoms in total. The van der Waals surface area contributed by atoms with Gasteiger partial charge in [0.2, 0.25) is 0 Å². The highest BCUT2D eigenvalue weighted by Crippen LogP contribution is 2.19. The average Bonchev–Trinajstić information content (AvgIpc) is 2.35. The van der Waals surface area contributed by atoms with Crippen LogP contribution in [0.2, 0.25) is 0 Å². The van der Waals surface area contributed by atoms with E-state index >= 15 is 0 Å². The van der Waals surface area contributed by atoms with Crippen LogP contribution in [0.1, 0.15) is 24.5 Å². The molecule has 0 bridgehead atoms. The van der Waals surface area contributed by atoms with Crippen LogP contribution in [0.3, 0.4) is 0 Å². The summed E-state index contributed by atoms with van der Waals surface area (Å²) in [4.78, 5) is 0. The van der Waals surface area contributed by atoms with Crippen molar-refractivity contribution in [3.8, 4) is 5.75 Å². The number of phenolic OH excluding ortho intramolecular Hbond substituents is 1. The fourth-order valence-corrected chi connectivity index (χ4v) is 1.65. The van der Waals surface area contributed by atoms with Gasteiger partial charge < -0.3 is 20.6 Å². The van der Waals surface area contributed by atoms with E-state index in [4.69, 9.17) is 0 Å². The van der Waals surface area contributed by atoms with Gasteiger partial charge >= 0.3 is 0 Å². The zero-order valence-corrected chi connectivity index (χ0v) is 10.4. The number of rotatable bonds is 6. The zero-order chi connectivity index (χ0) is 12.9. The molecule has 4 heteroatoms. The lowest BCUT2D eigenvalue weighted by atomic mass is 9.98. The number of aromatic hydroxyl groups is 1. The summed E-state index contributed by atoms with van der Waals surface area (Å²) >= 11 is 0. The van der Waals surface area contributed by atoms with E-state index in [1.165, 1.54) is 0 Å². The minimum Gasteiger partial charge on any atom is -0.508 e. The predicted octanol–water partition coefficient (Wildman–Crippen LogP) is 0.924. The maximum Gasteiger partial charge on any atom is 0.120 e. The second-order valence-electron chi connectivity index (χ2n) is 4.44. The lowest BCUT2D eigenvalue weighted by Crippen LogP contribution is -2.50. The Hall–Kier alpha value is -1.10. The number of phenols is 1. The number of hydrogen-bond donors (Lipinski definition) is 4. The van der Waals surface area contributed by atoms with Gasteiger partial charge in [-0.25, -0.2) is 0 Å². The average molecular weight is 239 g/mol. The number of nitrogens with one attached hydrogen (secondary N) is 1. The Kier molecular flexibility index (Phi) is 4.93. The van der Waals surface area contributed by atoms with Crippen molar-refractivity contribution in [3.63, 3.8) is 0 Å². The zero-order valence-electron chi connectivity index (χ0n) is 10.4. The summed E-state index contributed by atoms with van der Waals surface area (Å²) in [5.41, 5.74) is 1.15. The summed E-state index contributed by atoms with van der Waals surface area (Å²) in [6, 6.07) is 5.37. The molecular weight excluding hydrogens is 218 g/mol. The molecule has 0 saturated heterocycles. The van der Waals surface area contributed by atoms with Crippen LogP contribution in [0.5, 0.6) is 5.75 Å². The number of aliphatic hydroxyl groups excluding tert-OH is 2. The summed E-state index contributed by atoms with van der Waals surface area (Å²) in [6.07, 6.45) is 0.618. The van der Waals surface area contributed by atoms with Gasteiger partial charge in [-0.15, -0.1) is 0 Å². The maximum atomic E-state index is 9.68. The minimum absolute atomic E-state index is 0.132. The maximum absolute atomic E-state index is 9.68. The Balaban J connectivity index is 2.75. The van der Waals surface area contributed by atoms with E-state index in [2.05, 4.69) is 5.32 Å². The Bertz CT molecular complexity index is 353. The molecule has 0 unspecified atom stereocenters. The first-order valence-electron chi connectivity index (χ1n) is 5.82. The lowest BCUT2D eigenvalue weighted by molar-refractivity contribution is 0.0862. The van der Waals surface area contributed by atoms with Crippen LogP contribution >= 0.6 is 0 Å². The van der Waals surface area contributed by atoms with Crippen molar-refractivity contribution in [1.29, 1.82) is 0 Å². The van der Waals surface area contributed by atoms with Gasteiger partial charge in [-0.1, -0.05) is 24.6 Å². The molecule has 17 heavy (non-hydrogen) atoms. The van der Waals surface area contributed by atoms with Gasteiger partial charge in [-0.3, -0.25) is 0 Å². The number of aliphatic hydroxyl groups is 2. The molecule has 0 aliphatic rings. The van der Waals surface area contributed by atoms with Crippen LogP contribution in [0.25, 0.3) is 0 Å². The second-order valence-corrected chi connectivity index (χ2v) is 4.44. The van der Waals surface area contributed by atoms with E-state index in [0.717, 1.165) is 11.1 Å². The third-order valence-electron chi connectivity index (χ3n) is 3.17. The van der Waals surface area contributed by atoms with Gasteiger partial charge in [0.25, 0.3) is 0 Å². The first kappa shape index (κ1) is 14.0. The molecule has 0 saturated carbocycles. The summed E-state index contributed by atoms with van der Waals surface area (Å²) in [5.74, 6) is 0.226. The highest BCUT2D eigenvalue weighted by molar-refractivity contribution is 5.35. The molecule has 0 aromatic heterocycles. The number of benzene rings is 1. The van der Waals surface area contributed by atoms with Gasteiger partial charge in [0.1, 0.15) is 5.75 Å². The smallest absolute Gasteiger partial charge is 0.120 e. The van der Waals surface area contributed by atoms with E-state index in [-0.39, 0.29) is 19.0 Å². The molecule has 0 radical (unpaired) electrons. The number of hydrogen-bond acceptors (Lipinski definition) is 4. The third-order valence-corrected chi connectivity index (χ3v) is 3.17. The molecule has 4 N–H and O–H groups in total. The minimum atomic E-state index is -0.684. The molecule has 1 aromatic carbocycles. The van der Waals surface area contributed by atoms with Crippen LogP contribution in [0.4, 0.5) is 0 Å². The van der Waals surface area contributed by atoms with Crippen LogP contribution in [0.15, 0.2) is 18.2 Å². The van der Waals surface area contributed by atoms with Crippen LogP contribution in [0, 0.1) is 6.92 Å². The summed E-state index contributed by atoms with van der Waals surface area (Å²) < 4.78 is 0. The van der Waals surface area contributed by atoms with E-state index in [0.29, 0.717) is 13.0 Å². The summed E-state index contributed by atoms with van der Waals surface area (Å²) in [7, 11) is 0. The van der Waals surface area contributed by atoms with Gasteiger partial charge in [0.05, 0.1) is 18.8 Å². The molecule has 0 spiro atoms.